The van der Waals surface area contributed by atoms with E-state index < -0.39 is 11.6 Å². The fourth-order valence-electron chi connectivity index (χ4n) is 1.87. The molecule has 1 aliphatic heterocycles. The summed E-state index contributed by atoms with van der Waals surface area (Å²) in [5.41, 5.74) is -1.94. The predicted octanol–water partition coefficient (Wildman–Crippen LogP) is -0.832. The standard InChI is InChI=1S/C11H21N3O4/c1-8-6-13(3)4-5-14(8)10(17)12-7-11(2,18)9(15)16/h8,18H,4-7H2,1-3H3,(H,12,17)(H,15,16). The highest BCUT2D eigenvalue weighted by Gasteiger charge is 2.32. The third kappa shape index (κ3) is 3.58. The molecule has 1 rings (SSSR count). The molecule has 0 aromatic heterocycles. The Morgan fingerprint density at radius 1 is 1.44 bits per heavy atom. The van der Waals surface area contributed by atoms with Crippen LogP contribution in [0.5, 0.6) is 0 Å². The molecular formula is C11H21N3O4. The molecule has 0 spiro atoms. The molecule has 2 atom stereocenters. The number of likely N-dealkylation sites (N-methyl/N-ethyl adjacent to an activating group) is 1. The fourth-order valence-corrected chi connectivity index (χ4v) is 1.87. The summed E-state index contributed by atoms with van der Waals surface area (Å²) in [7, 11) is 1.99. The number of amides is 2. The predicted molar refractivity (Wildman–Crippen MR) is 65.3 cm³/mol. The topological polar surface area (TPSA) is 93.1 Å². The maximum atomic E-state index is 11.9. The number of urea groups is 1. The molecule has 1 fully saturated rings. The van der Waals surface area contributed by atoms with Crippen LogP contribution in [0.2, 0.25) is 0 Å². The fraction of sp³-hybridized carbons (Fsp3) is 0.818. The van der Waals surface area contributed by atoms with Crippen LogP contribution < -0.4 is 5.32 Å². The van der Waals surface area contributed by atoms with Crippen molar-refractivity contribution >= 4 is 12.0 Å². The first-order valence-electron chi connectivity index (χ1n) is 5.93. The van der Waals surface area contributed by atoms with Gasteiger partial charge in [-0.3, -0.25) is 0 Å². The van der Waals surface area contributed by atoms with Crippen molar-refractivity contribution in [2.24, 2.45) is 0 Å². The van der Waals surface area contributed by atoms with Crippen LogP contribution in [0.15, 0.2) is 0 Å². The lowest BCUT2D eigenvalue weighted by atomic mass is 10.1. The van der Waals surface area contributed by atoms with E-state index in [4.69, 9.17) is 5.11 Å². The molecule has 1 saturated heterocycles. The van der Waals surface area contributed by atoms with Gasteiger partial charge in [0, 0.05) is 25.7 Å². The SMILES string of the molecule is CC1CN(C)CCN1C(=O)NCC(C)(O)C(=O)O. The van der Waals surface area contributed by atoms with Gasteiger partial charge >= 0.3 is 12.0 Å². The minimum Gasteiger partial charge on any atom is -0.479 e. The number of nitrogens with one attached hydrogen (secondary N) is 1. The lowest BCUT2D eigenvalue weighted by Crippen LogP contribution is -2.57. The average Bonchev–Trinajstić information content (AvgIpc) is 2.25. The number of carboxylic acid groups (broad SMARTS) is 1. The Labute approximate surface area is 106 Å². The van der Waals surface area contributed by atoms with Crippen molar-refractivity contribution in [2.45, 2.75) is 25.5 Å². The van der Waals surface area contributed by atoms with E-state index in [1.807, 2.05) is 14.0 Å². The summed E-state index contributed by atoms with van der Waals surface area (Å²) in [5.74, 6) is -1.35. The first-order valence-corrected chi connectivity index (χ1v) is 5.93. The zero-order valence-electron chi connectivity index (χ0n) is 11.0. The molecule has 0 saturated carbocycles. The van der Waals surface area contributed by atoms with E-state index >= 15 is 0 Å². The van der Waals surface area contributed by atoms with Crippen LogP contribution in [0.25, 0.3) is 0 Å². The van der Waals surface area contributed by atoms with Gasteiger partial charge < -0.3 is 25.3 Å². The molecule has 7 nitrogen and oxygen atoms in total. The molecule has 1 heterocycles. The third-order valence-corrected chi connectivity index (χ3v) is 3.14. The largest absolute Gasteiger partial charge is 0.479 e. The molecule has 7 heteroatoms. The summed E-state index contributed by atoms with van der Waals surface area (Å²) in [4.78, 5) is 26.3. The molecule has 2 unspecified atom stereocenters. The highest BCUT2D eigenvalue weighted by Crippen LogP contribution is 2.08. The van der Waals surface area contributed by atoms with Crippen molar-refractivity contribution in [3.63, 3.8) is 0 Å². The Morgan fingerprint density at radius 2 is 2.06 bits per heavy atom. The van der Waals surface area contributed by atoms with Crippen LogP contribution in [-0.2, 0) is 4.79 Å². The molecule has 2 amide bonds. The summed E-state index contributed by atoms with van der Waals surface area (Å²) < 4.78 is 0. The summed E-state index contributed by atoms with van der Waals surface area (Å²) in [6, 6.07) is -0.268. The molecule has 0 bridgehead atoms. The third-order valence-electron chi connectivity index (χ3n) is 3.14. The first kappa shape index (κ1) is 14.7. The number of piperazine rings is 1. The number of nitrogens with zero attached hydrogens (tertiary/aromatic N) is 2. The Hall–Kier alpha value is -1.34. The van der Waals surface area contributed by atoms with Gasteiger partial charge in [-0.05, 0) is 20.9 Å². The molecule has 104 valence electrons. The van der Waals surface area contributed by atoms with E-state index in [9.17, 15) is 14.7 Å². The number of carboxylic acids is 1. The number of aliphatic carboxylic acids is 1. The van der Waals surface area contributed by atoms with Crippen LogP contribution >= 0.6 is 0 Å². The number of carbonyl (C=O) groups excluding carboxylic acids is 1. The minimum absolute atomic E-state index is 0.0681. The van der Waals surface area contributed by atoms with Gasteiger partial charge in [-0.2, -0.15) is 0 Å². The van der Waals surface area contributed by atoms with Gasteiger partial charge in [0.25, 0.3) is 0 Å². The van der Waals surface area contributed by atoms with Gasteiger partial charge in [0.1, 0.15) is 0 Å². The van der Waals surface area contributed by atoms with Crippen LogP contribution in [0.1, 0.15) is 13.8 Å². The van der Waals surface area contributed by atoms with Crippen LogP contribution in [0.4, 0.5) is 4.79 Å². The quantitative estimate of drug-likeness (QED) is 0.615. The summed E-state index contributed by atoms with van der Waals surface area (Å²) in [5, 5.41) is 20.7. The summed E-state index contributed by atoms with van der Waals surface area (Å²) in [6.07, 6.45) is 0. The second-order valence-corrected chi connectivity index (χ2v) is 5.04. The van der Waals surface area contributed by atoms with Crippen LogP contribution in [-0.4, -0.2) is 76.9 Å². The van der Waals surface area contributed by atoms with E-state index in [0.717, 1.165) is 20.0 Å². The minimum atomic E-state index is -1.94. The maximum absolute atomic E-state index is 11.9. The summed E-state index contributed by atoms with van der Waals surface area (Å²) in [6.45, 7) is 4.95. The Bertz CT molecular complexity index is 332. The molecule has 18 heavy (non-hydrogen) atoms. The van der Waals surface area contributed by atoms with Gasteiger partial charge in [-0.1, -0.05) is 0 Å². The normalized spacial score (nSPS) is 24.4. The van der Waals surface area contributed by atoms with E-state index in [1.165, 1.54) is 0 Å². The lowest BCUT2D eigenvalue weighted by molar-refractivity contribution is -0.155. The van der Waals surface area contributed by atoms with Crippen molar-refractivity contribution in [3.8, 4) is 0 Å². The van der Waals surface area contributed by atoms with Crippen LogP contribution in [0, 0.1) is 0 Å². The number of hydrogen-bond acceptors (Lipinski definition) is 4. The van der Waals surface area contributed by atoms with Gasteiger partial charge in [0.05, 0.1) is 6.54 Å². The molecule has 0 aliphatic carbocycles. The Kier molecular flexibility index (Phi) is 4.53. The second kappa shape index (κ2) is 5.53. The summed E-state index contributed by atoms with van der Waals surface area (Å²) >= 11 is 0. The van der Waals surface area contributed by atoms with Gasteiger partial charge in [-0.25, -0.2) is 9.59 Å². The monoisotopic (exact) mass is 259 g/mol. The lowest BCUT2D eigenvalue weighted by Gasteiger charge is -2.38. The van der Waals surface area contributed by atoms with Crippen molar-refractivity contribution in [1.29, 1.82) is 0 Å². The highest BCUT2D eigenvalue weighted by atomic mass is 16.4. The average molecular weight is 259 g/mol. The molecule has 0 aromatic carbocycles. The van der Waals surface area contributed by atoms with Gasteiger partial charge in [0.2, 0.25) is 0 Å². The Morgan fingerprint density at radius 3 is 2.56 bits per heavy atom. The zero-order valence-corrected chi connectivity index (χ0v) is 11.0. The van der Waals surface area contributed by atoms with E-state index in [0.29, 0.717) is 6.54 Å². The van der Waals surface area contributed by atoms with Gasteiger partial charge in [0.15, 0.2) is 5.60 Å². The molecule has 0 radical (unpaired) electrons. The van der Waals surface area contributed by atoms with Crippen molar-refractivity contribution in [1.82, 2.24) is 15.1 Å². The number of rotatable bonds is 3. The molecule has 0 aromatic rings. The van der Waals surface area contributed by atoms with Crippen molar-refractivity contribution < 1.29 is 19.8 Å². The van der Waals surface area contributed by atoms with Crippen molar-refractivity contribution in [3.05, 3.63) is 0 Å². The number of carbonyl (C=O) groups is 2. The second-order valence-electron chi connectivity index (χ2n) is 5.04. The number of hydrogen-bond donors (Lipinski definition) is 3. The first-order chi connectivity index (χ1) is 8.24. The zero-order chi connectivity index (χ0) is 13.9. The molecule has 3 N–H and O–H groups in total. The number of aliphatic hydroxyl groups is 1. The highest BCUT2D eigenvalue weighted by molar-refractivity contribution is 5.79. The van der Waals surface area contributed by atoms with Crippen LogP contribution in [0.3, 0.4) is 0 Å². The molecular weight excluding hydrogens is 238 g/mol. The smallest absolute Gasteiger partial charge is 0.337 e. The Balaban J connectivity index is 2.49. The van der Waals surface area contributed by atoms with E-state index in [-0.39, 0.29) is 18.6 Å². The van der Waals surface area contributed by atoms with E-state index in [1.54, 1.807) is 4.90 Å². The maximum Gasteiger partial charge on any atom is 0.337 e. The molecule has 1 aliphatic rings. The van der Waals surface area contributed by atoms with Gasteiger partial charge in [-0.15, -0.1) is 0 Å². The van der Waals surface area contributed by atoms with E-state index in [2.05, 4.69) is 10.2 Å². The van der Waals surface area contributed by atoms with Crippen molar-refractivity contribution in [2.75, 3.05) is 33.2 Å².